The molecule has 1 N–H and O–H groups in total. The number of non-ortho nitro benzene ring substituents is 1. The van der Waals surface area contributed by atoms with Gasteiger partial charge in [-0.2, -0.15) is 0 Å². The lowest BCUT2D eigenvalue weighted by Crippen LogP contribution is -2.06. The monoisotopic (exact) mass is 360 g/mol. The summed E-state index contributed by atoms with van der Waals surface area (Å²) in [6, 6.07) is 18.3. The number of nitrogens with one attached hydrogen (secondary N) is 1. The van der Waals surface area contributed by atoms with E-state index in [1.165, 1.54) is 24.0 Å². The van der Waals surface area contributed by atoms with Crippen LogP contribution in [-0.4, -0.2) is 21.4 Å². The molecular weight excluding hydrogens is 344 g/mol. The van der Waals surface area contributed by atoms with Gasteiger partial charge in [-0.3, -0.25) is 10.1 Å². The highest BCUT2D eigenvalue weighted by Gasteiger charge is 2.14. The summed E-state index contributed by atoms with van der Waals surface area (Å²) in [5.41, 5.74) is 2.31. The van der Waals surface area contributed by atoms with Crippen LogP contribution in [0.3, 0.4) is 0 Å². The highest BCUT2D eigenvalue weighted by atomic mass is 16.6. The molecule has 2 heterocycles. The average molecular weight is 360 g/mol. The second-order valence-corrected chi connectivity index (χ2v) is 6.02. The summed E-state index contributed by atoms with van der Waals surface area (Å²) in [7, 11) is 0. The van der Waals surface area contributed by atoms with Gasteiger partial charge in [0.15, 0.2) is 0 Å². The Morgan fingerprint density at radius 3 is 2.70 bits per heavy atom. The molecule has 0 aliphatic heterocycles. The van der Waals surface area contributed by atoms with Crippen LogP contribution in [0.4, 0.5) is 11.5 Å². The Morgan fingerprint density at radius 1 is 1.04 bits per heavy atom. The summed E-state index contributed by atoms with van der Waals surface area (Å²) >= 11 is 0. The lowest BCUT2D eigenvalue weighted by Gasteiger charge is -2.05. The first-order valence-electron chi connectivity index (χ1n) is 8.48. The molecule has 7 heteroatoms. The molecule has 0 spiro atoms. The van der Waals surface area contributed by atoms with Gasteiger partial charge in [0.2, 0.25) is 5.71 Å². The van der Waals surface area contributed by atoms with Gasteiger partial charge in [0.25, 0.3) is 5.69 Å². The average Bonchev–Trinajstić information content (AvgIpc) is 3.14. The van der Waals surface area contributed by atoms with Gasteiger partial charge < -0.3 is 9.73 Å². The second kappa shape index (κ2) is 7.25. The van der Waals surface area contributed by atoms with Crippen LogP contribution in [0.5, 0.6) is 0 Å². The van der Waals surface area contributed by atoms with E-state index in [1.54, 1.807) is 18.2 Å². The number of benzene rings is 2. The third kappa shape index (κ3) is 3.62. The van der Waals surface area contributed by atoms with Gasteiger partial charge in [0.05, 0.1) is 10.3 Å². The van der Waals surface area contributed by atoms with Crippen molar-refractivity contribution in [1.82, 2.24) is 9.97 Å². The molecule has 0 fully saturated rings. The molecule has 0 aliphatic carbocycles. The van der Waals surface area contributed by atoms with Crippen LogP contribution in [-0.2, 0) is 6.42 Å². The van der Waals surface area contributed by atoms with Crippen LogP contribution in [0.1, 0.15) is 5.56 Å². The van der Waals surface area contributed by atoms with E-state index in [1.807, 2.05) is 18.2 Å². The van der Waals surface area contributed by atoms with E-state index in [0.29, 0.717) is 29.4 Å². The summed E-state index contributed by atoms with van der Waals surface area (Å²) in [6.45, 7) is 0.716. The number of fused-ring (bicyclic) bond motifs is 1. The van der Waals surface area contributed by atoms with Crippen LogP contribution >= 0.6 is 0 Å². The Morgan fingerprint density at radius 2 is 1.89 bits per heavy atom. The van der Waals surface area contributed by atoms with E-state index < -0.39 is 4.92 Å². The van der Waals surface area contributed by atoms with Gasteiger partial charge in [0, 0.05) is 24.2 Å². The highest BCUT2D eigenvalue weighted by molar-refractivity contribution is 5.89. The molecule has 0 atom stereocenters. The minimum absolute atomic E-state index is 0.0141. The molecular formula is C20H16N4O3. The number of anilines is 1. The van der Waals surface area contributed by atoms with Crippen molar-refractivity contribution >= 4 is 22.6 Å². The summed E-state index contributed by atoms with van der Waals surface area (Å²) in [4.78, 5) is 19.0. The van der Waals surface area contributed by atoms with Gasteiger partial charge in [-0.15, -0.1) is 0 Å². The molecule has 2 aromatic carbocycles. The Hall–Kier alpha value is -3.74. The quantitative estimate of drug-likeness (QED) is 0.403. The molecule has 27 heavy (non-hydrogen) atoms. The molecule has 4 aromatic rings. The normalized spacial score (nSPS) is 10.8. The third-order valence-electron chi connectivity index (χ3n) is 4.22. The van der Waals surface area contributed by atoms with Gasteiger partial charge in [-0.1, -0.05) is 42.5 Å². The maximum absolute atomic E-state index is 11.0. The first kappa shape index (κ1) is 16.7. The maximum Gasteiger partial charge on any atom is 0.270 e. The minimum atomic E-state index is -0.428. The van der Waals surface area contributed by atoms with Gasteiger partial charge in [-0.25, -0.2) is 9.97 Å². The molecule has 0 saturated carbocycles. The first-order chi connectivity index (χ1) is 13.2. The standard InChI is InChI=1S/C20H16N4O3/c25-24(26)16-8-4-7-15(11-16)18-12-17-19(22-13-23-20(17)27-18)21-10-9-14-5-2-1-3-6-14/h1-8,11-13H,9-10H2,(H,21,22,23). The van der Waals surface area contributed by atoms with Crippen molar-refractivity contribution in [3.8, 4) is 11.3 Å². The molecule has 2 aromatic heterocycles. The number of hydrogen-bond donors (Lipinski definition) is 1. The number of nitro groups is 1. The lowest BCUT2D eigenvalue weighted by atomic mass is 10.1. The molecule has 0 amide bonds. The largest absolute Gasteiger partial charge is 0.438 e. The van der Waals surface area contributed by atoms with Gasteiger partial charge >= 0.3 is 0 Å². The number of furan rings is 1. The third-order valence-corrected chi connectivity index (χ3v) is 4.22. The van der Waals surface area contributed by atoms with E-state index in [0.717, 1.165) is 11.8 Å². The van der Waals surface area contributed by atoms with Crippen LogP contribution in [0, 0.1) is 10.1 Å². The van der Waals surface area contributed by atoms with Crippen molar-refractivity contribution in [3.05, 3.63) is 82.7 Å². The van der Waals surface area contributed by atoms with Crippen molar-refractivity contribution in [2.75, 3.05) is 11.9 Å². The predicted molar refractivity (Wildman–Crippen MR) is 103 cm³/mol. The Labute approximate surface area is 154 Å². The zero-order chi connectivity index (χ0) is 18.6. The summed E-state index contributed by atoms with van der Waals surface area (Å²) in [6.07, 6.45) is 2.30. The molecule has 0 unspecified atom stereocenters. The van der Waals surface area contributed by atoms with Crippen LogP contribution in [0.15, 0.2) is 71.4 Å². The SMILES string of the molecule is O=[N+]([O-])c1cccc(-c2cc3c(NCCc4ccccc4)ncnc3o2)c1. The summed E-state index contributed by atoms with van der Waals surface area (Å²) in [5.74, 6) is 1.19. The van der Waals surface area contributed by atoms with E-state index in [4.69, 9.17) is 4.42 Å². The van der Waals surface area contributed by atoms with Crippen molar-refractivity contribution in [2.24, 2.45) is 0 Å². The smallest absolute Gasteiger partial charge is 0.270 e. The summed E-state index contributed by atoms with van der Waals surface area (Å²) in [5, 5.41) is 15.0. The first-order valence-corrected chi connectivity index (χ1v) is 8.48. The van der Waals surface area contributed by atoms with E-state index in [9.17, 15) is 10.1 Å². The fourth-order valence-electron chi connectivity index (χ4n) is 2.88. The Kier molecular flexibility index (Phi) is 4.49. The van der Waals surface area contributed by atoms with Crippen LogP contribution < -0.4 is 5.32 Å². The zero-order valence-electron chi connectivity index (χ0n) is 14.3. The molecule has 0 aliphatic rings. The number of nitrogens with zero attached hydrogens (tertiary/aromatic N) is 3. The lowest BCUT2D eigenvalue weighted by molar-refractivity contribution is -0.384. The Balaban J connectivity index is 1.58. The number of hydrogen-bond acceptors (Lipinski definition) is 6. The topological polar surface area (TPSA) is 94.1 Å². The van der Waals surface area contributed by atoms with Crippen molar-refractivity contribution in [3.63, 3.8) is 0 Å². The number of nitro benzene ring substituents is 1. The molecule has 0 bridgehead atoms. The van der Waals surface area contributed by atoms with E-state index >= 15 is 0 Å². The van der Waals surface area contributed by atoms with E-state index in [2.05, 4.69) is 27.4 Å². The Bertz CT molecular complexity index is 1090. The van der Waals surface area contributed by atoms with Gasteiger partial charge in [0.1, 0.15) is 17.9 Å². The van der Waals surface area contributed by atoms with Crippen LogP contribution in [0.2, 0.25) is 0 Å². The van der Waals surface area contributed by atoms with Crippen LogP contribution in [0.25, 0.3) is 22.4 Å². The molecule has 0 saturated heterocycles. The number of rotatable bonds is 6. The van der Waals surface area contributed by atoms with Gasteiger partial charge in [-0.05, 0) is 18.1 Å². The fourth-order valence-corrected chi connectivity index (χ4v) is 2.88. The van der Waals surface area contributed by atoms with E-state index in [-0.39, 0.29) is 5.69 Å². The predicted octanol–water partition coefficient (Wildman–Crippen LogP) is 4.45. The zero-order valence-corrected chi connectivity index (χ0v) is 14.3. The second-order valence-electron chi connectivity index (χ2n) is 6.02. The maximum atomic E-state index is 11.0. The highest BCUT2D eigenvalue weighted by Crippen LogP contribution is 2.31. The molecule has 7 nitrogen and oxygen atoms in total. The van der Waals surface area contributed by atoms with Crippen molar-refractivity contribution < 1.29 is 9.34 Å². The van der Waals surface area contributed by atoms with Crippen molar-refractivity contribution in [1.29, 1.82) is 0 Å². The molecule has 134 valence electrons. The number of aromatic nitrogens is 2. The fraction of sp³-hybridized carbons (Fsp3) is 0.100. The summed E-state index contributed by atoms with van der Waals surface area (Å²) < 4.78 is 5.78. The minimum Gasteiger partial charge on any atom is -0.438 e. The molecule has 0 radical (unpaired) electrons. The van der Waals surface area contributed by atoms with Crippen molar-refractivity contribution in [2.45, 2.75) is 6.42 Å². The molecule has 4 rings (SSSR count).